The minimum Gasteiger partial charge on any atom is -0.376 e. The monoisotopic (exact) mass is 295 g/mol. The molecular weight excluding hydrogens is 270 g/mol. The zero-order valence-electron chi connectivity index (χ0n) is 12.8. The Morgan fingerprint density at radius 1 is 1.30 bits per heavy atom. The Morgan fingerprint density at radius 2 is 2.05 bits per heavy atom. The fourth-order valence-electron chi connectivity index (χ4n) is 2.81. The van der Waals surface area contributed by atoms with E-state index in [1.807, 2.05) is 0 Å². The Bertz CT molecular complexity index is 441. The van der Waals surface area contributed by atoms with Crippen LogP contribution in [0.15, 0.2) is 12.1 Å². The average molecular weight is 296 g/mol. The van der Waals surface area contributed by atoms with Gasteiger partial charge in [-0.05, 0) is 68.8 Å². The number of aryl methyl sites for hydroxylation is 2. The predicted octanol–water partition coefficient (Wildman–Crippen LogP) is 4.57. The predicted molar refractivity (Wildman–Crippen MR) is 85.6 cm³/mol. The summed E-state index contributed by atoms with van der Waals surface area (Å²) in [7, 11) is 0. The number of hydrogen-bond donors (Lipinski definition) is 1. The van der Waals surface area contributed by atoms with Crippen LogP contribution in [0, 0.1) is 13.8 Å². The number of ether oxygens (including phenoxy) is 1. The highest BCUT2D eigenvalue weighted by Crippen LogP contribution is 2.32. The second-order valence-corrected chi connectivity index (χ2v) is 6.20. The maximum absolute atomic E-state index is 6.50. The van der Waals surface area contributed by atoms with E-state index in [-0.39, 0.29) is 12.1 Å². The van der Waals surface area contributed by atoms with Gasteiger partial charge in [0.2, 0.25) is 0 Å². The fourth-order valence-corrected chi connectivity index (χ4v) is 3.15. The van der Waals surface area contributed by atoms with Gasteiger partial charge in [-0.15, -0.1) is 0 Å². The van der Waals surface area contributed by atoms with Crippen LogP contribution >= 0.6 is 11.6 Å². The third-order valence-corrected chi connectivity index (χ3v) is 4.48. The Labute approximate surface area is 127 Å². The molecule has 112 valence electrons. The highest BCUT2D eigenvalue weighted by atomic mass is 35.5. The number of hydrogen-bond acceptors (Lipinski definition) is 2. The molecule has 0 aliphatic carbocycles. The van der Waals surface area contributed by atoms with Gasteiger partial charge in [0.15, 0.2) is 0 Å². The van der Waals surface area contributed by atoms with E-state index < -0.39 is 0 Å². The quantitative estimate of drug-likeness (QED) is 0.859. The zero-order chi connectivity index (χ0) is 14.5. The molecule has 0 saturated carbocycles. The molecule has 20 heavy (non-hydrogen) atoms. The van der Waals surface area contributed by atoms with Gasteiger partial charge >= 0.3 is 0 Å². The summed E-state index contributed by atoms with van der Waals surface area (Å²) in [4.78, 5) is 0. The van der Waals surface area contributed by atoms with Crippen molar-refractivity contribution in [3.63, 3.8) is 0 Å². The van der Waals surface area contributed by atoms with Gasteiger partial charge in [-0.3, -0.25) is 0 Å². The first kappa shape index (κ1) is 15.8. The van der Waals surface area contributed by atoms with Crippen molar-refractivity contribution in [3.05, 3.63) is 33.8 Å². The SMILES string of the molecule is CCCNC(c1cc(C)c(C)cc1Cl)C1CCCCO1. The Morgan fingerprint density at radius 3 is 2.70 bits per heavy atom. The first-order chi connectivity index (χ1) is 9.63. The molecular formula is C17H26ClNO. The van der Waals surface area contributed by atoms with Gasteiger partial charge < -0.3 is 10.1 Å². The third kappa shape index (κ3) is 3.75. The highest BCUT2D eigenvalue weighted by Gasteiger charge is 2.27. The lowest BCUT2D eigenvalue weighted by Crippen LogP contribution is -2.36. The molecule has 2 atom stereocenters. The van der Waals surface area contributed by atoms with E-state index in [1.54, 1.807) is 0 Å². The molecule has 1 N–H and O–H groups in total. The van der Waals surface area contributed by atoms with Crippen molar-refractivity contribution in [2.45, 2.75) is 58.6 Å². The molecule has 1 aliphatic heterocycles. The molecule has 1 fully saturated rings. The Hall–Kier alpha value is -0.570. The van der Waals surface area contributed by atoms with Crippen LogP contribution in [0.5, 0.6) is 0 Å². The summed E-state index contributed by atoms with van der Waals surface area (Å²) in [5.74, 6) is 0. The van der Waals surface area contributed by atoms with E-state index in [9.17, 15) is 0 Å². The maximum Gasteiger partial charge on any atom is 0.0770 e. The summed E-state index contributed by atoms with van der Waals surface area (Å²) < 4.78 is 6.00. The van der Waals surface area contributed by atoms with Crippen molar-refractivity contribution in [3.8, 4) is 0 Å². The van der Waals surface area contributed by atoms with Gasteiger partial charge in [-0.2, -0.15) is 0 Å². The van der Waals surface area contributed by atoms with Crippen LogP contribution in [-0.2, 0) is 4.74 Å². The smallest absolute Gasteiger partial charge is 0.0770 e. The van der Waals surface area contributed by atoms with Crippen molar-refractivity contribution in [1.82, 2.24) is 5.32 Å². The number of benzene rings is 1. The number of halogens is 1. The van der Waals surface area contributed by atoms with Crippen molar-refractivity contribution in [2.75, 3.05) is 13.2 Å². The molecule has 1 heterocycles. The fraction of sp³-hybridized carbons (Fsp3) is 0.647. The molecule has 1 aromatic rings. The summed E-state index contributed by atoms with van der Waals surface area (Å²) in [6.07, 6.45) is 4.90. The van der Waals surface area contributed by atoms with Crippen molar-refractivity contribution >= 4 is 11.6 Å². The second-order valence-electron chi connectivity index (χ2n) is 5.79. The van der Waals surface area contributed by atoms with Crippen molar-refractivity contribution in [2.24, 2.45) is 0 Å². The number of nitrogens with one attached hydrogen (secondary N) is 1. The minimum absolute atomic E-state index is 0.210. The molecule has 2 rings (SSSR count). The summed E-state index contributed by atoms with van der Waals surface area (Å²) in [5, 5.41) is 4.49. The van der Waals surface area contributed by atoms with Crippen LogP contribution in [0.25, 0.3) is 0 Å². The van der Waals surface area contributed by atoms with Crippen LogP contribution in [0.2, 0.25) is 5.02 Å². The van der Waals surface area contributed by atoms with E-state index in [1.165, 1.54) is 29.5 Å². The van der Waals surface area contributed by atoms with E-state index >= 15 is 0 Å². The molecule has 0 radical (unpaired) electrons. The largest absolute Gasteiger partial charge is 0.376 e. The lowest BCUT2D eigenvalue weighted by molar-refractivity contribution is -0.00814. The summed E-state index contributed by atoms with van der Waals surface area (Å²) >= 11 is 6.50. The molecule has 1 aliphatic rings. The minimum atomic E-state index is 0.210. The van der Waals surface area contributed by atoms with Crippen molar-refractivity contribution in [1.29, 1.82) is 0 Å². The lowest BCUT2D eigenvalue weighted by atomic mass is 9.93. The van der Waals surface area contributed by atoms with Crippen LogP contribution in [0.4, 0.5) is 0 Å². The summed E-state index contributed by atoms with van der Waals surface area (Å²) in [6.45, 7) is 8.31. The summed E-state index contributed by atoms with van der Waals surface area (Å²) in [6, 6.07) is 4.51. The normalized spacial score (nSPS) is 20.9. The first-order valence-electron chi connectivity index (χ1n) is 7.75. The molecule has 1 saturated heterocycles. The molecule has 1 aromatic carbocycles. The average Bonchev–Trinajstić information content (AvgIpc) is 2.45. The van der Waals surface area contributed by atoms with Gasteiger partial charge in [-0.1, -0.05) is 24.6 Å². The van der Waals surface area contributed by atoms with Crippen LogP contribution in [0.3, 0.4) is 0 Å². The Kier molecular flexibility index (Phi) is 5.88. The standard InChI is InChI=1S/C17H26ClNO/c1-4-8-19-17(16-7-5-6-9-20-16)14-10-12(2)13(3)11-15(14)18/h10-11,16-17,19H,4-9H2,1-3H3. The highest BCUT2D eigenvalue weighted by molar-refractivity contribution is 6.31. The first-order valence-corrected chi connectivity index (χ1v) is 8.13. The topological polar surface area (TPSA) is 21.3 Å². The Balaban J connectivity index is 2.27. The van der Waals surface area contributed by atoms with Gasteiger partial charge in [0.1, 0.15) is 0 Å². The van der Waals surface area contributed by atoms with E-state index in [0.717, 1.165) is 31.0 Å². The van der Waals surface area contributed by atoms with E-state index in [2.05, 4.69) is 38.2 Å². The van der Waals surface area contributed by atoms with Gasteiger partial charge in [0.25, 0.3) is 0 Å². The zero-order valence-corrected chi connectivity index (χ0v) is 13.6. The summed E-state index contributed by atoms with van der Waals surface area (Å²) in [5.41, 5.74) is 3.73. The van der Waals surface area contributed by atoms with Crippen molar-refractivity contribution < 1.29 is 4.74 Å². The molecule has 0 amide bonds. The van der Waals surface area contributed by atoms with E-state index in [0.29, 0.717) is 0 Å². The van der Waals surface area contributed by atoms with Gasteiger partial charge in [0, 0.05) is 11.6 Å². The molecule has 0 bridgehead atoms. The van der Waals surface area contributed by atoms with Crippen LogP contribution in [0.1, 0.15) is 55.3 Å². The second kappa shape index (κ2) is 7.44. The maximum atomic E-state index is 6.50. The van der Waals surface area contributed by atoms with Crippen LogP contribution < -0.4 is 5.32 Å². The lowest BCUT2D eigenvalue weighted by Gasteiger charge is -2.32. The number of rotatable bonds is 5. The molecule has 0 spiro atoms. The third-order valence-electron chi connectivity index (χ3n) is 4.15. The molecule has 0 aromatic heterocycles. The van der Waals surface area contributed by atoms with E-state index in [4.69, 9.17) is 16.3 Å². The van der Waals surface area contributed by atoms with Crippen LogP contribution in [-0.4, -0.2) is 19.3 Å². The molecule has 2 nitrogen and oxygen atoms in total. The molecule has 2 unspecified atom stereocenters. The van der Waals surface area contributed by atoms with Gasteiger partial charge in [0.05, 0.1) is 12.1 Å². The molecule has 3 heteroatoms. The van der Waals surface area contributed by atoms with Gasteiger partial charge in [-0.25, -0.2) is 0 Å².